The molecule has 0 radical (unpaired) electrons. The van der Waals surface area contributed by atoms with Gasteiger partial charge in [-0.3, -0.25) is 9.52 Å². The average Bonchev–Trinajstić information content (AvgIpc) is 2.95. The molecule has 3 aromatic rings. The van der Waals surface area contributed by atoms with E-state index in [1.165, 1.54) is 31.2 Å². The fraction of sp³-hybridized carbons (Fsp3) is 0.111. The number of hydrogen-bond acceptors (Lipinski definition) is 4. The van der Waals surface area contributed by atoms with Gasteiger partial charge >= 0.3 is 0 Å². The second-order valence-corrected chi connectivity index (χ2v) is 7.99. The number of nitrogens with one attached hydrogen (secondary N) is 2. The standard InChI is InChI=1S/C18H17ClN4O3S/c1-12-11-18(20-13(2)24)23(21-12)16-7-5-15(6-8-16)22-27(25,26)17-9-3-14(19)4-10-17/h3-11,22H,1-2H3,(H,20,24). The molecule has 0 fully saturated rings. The number of carbonyl (C=O) groups is 1. The number of nitrogens with zero attached hydrogens (tertiary/aromatic N) is 2. The van der Waals surface area contributed by atoms with Crippen LogP contribution in [-0.2, 0) is 14.8 Å². The van der Waals surface area contributed by atoms with E-state index in [-0.39, 0.29) is 10.8 Å². The number of aryl methyl sites for hydroxylation is 1. The number of benzene rings is 2. The van der Waals surface area contributed by atoms with E-state index in [0.717, 1.165) is 5.69 Å². The Morgan fingerprint density at radius 2 is 1.70 bits per heavy atom. The van der Waals surface area contributed by atoms with Crippen molar-refractivity contribution in [2.75, 3.05) is 10.0 Å². The highest BCUT2D eigenvalue weighted by molar-refractivity contribution is 7.92. The molecule has 7 nitrogen and oxygen atoms in total. The van der Waals surface area contributed by atoms with Gasteiger partial charge < -0.3 is 5.32 Å². The monoisotopic (exact) mass is 404 g/mol. The van der Waals surface area contributed by atoms with Gasteiger partial charge in [0.2, 0.25) is 5.91 Å². The summed E-state index contributed by atoms with van der Waals surface area (Å²) in [6.45, 7) is 3.23. The van der Waals surface area contributed by atoms with Crippen molar-refractivity contribution in [1.29, 1.82) is 0 Å². The fourth-order valence-corrected chi connectivity index (χ4v) is 3.65. The molecule has 140 valence electrons. The molecule has 0 saturated carbocycles. The van der Waals surface area contributed by atoms with E-state index in [4.69, 9.17) is 11.6 Å². The SMILES string of the molecule is CC(=O)Nc1cc(C)nn1-c1ccc(NS(=O)(=O)c2ccc(Cl)cc2)cc1. The van der Waals surface area contributed by atoms with Crippen LogP contribution < -0.4 is 10.0 Å². The van der Waals surface area contributed by atoms with Crippen LogP contribution in [-0.4, -0.2) is 24.1 Å². The van der Waals surface area contributed by atoms with Crippen molar-refractivity contribution in [2.24, 2.45) is 0 Å². The maximum absolute atomic E-state index is 12.4. The summed E-state index contributed by atoms with van der Waals surface area (Å²) in [5, 5.41) is 7.52. The van der Waals surface area contributed by atoms with Gasteiger partial charge in [0, 0.05) is 23.7 Å². The van der Waals surface area contributed by atoms with Gasteiger partial charge in [-0.15, -0.1) is 0 Å². The Kier molecular flexibility index (Phi) is 5.20. The third-order valence-corrected chi connectivity index (χ3v) is 5.27. The van der Waals surface area contributed by atoms with E-state index in [1.807, 2.05) is 6.92 Å². The summed E-state index contributed by atoms with van der Waals surface area (Å²) in [5.41, 5.74) is 1.83. The number of anilines is 2. The highest BCUT2D eigenvalue weighted by atomic mass is 35.5. The lowest BCUT2D eigenvalue weighted by molar-refractivity contribution is -0.114. The first-order valence-corrected chi connectivity index (χ1v) is 9.84. The summed E-state index contributed by atoms with van der Waals surface area (Å²) in [6.07, 6.45) is 0. The second kappa shape index (κ2) is 7.42. The lowest BCUT2D eigenvalue weighted by atomic mass is 10.3. The Morgan fingerprint density at radius 1 is 1.07 bits per heavy atom. The zero-order chi connectivity index (χ0) is 19.6. The lowest BCUT2D eigenvalue weighted by Gasteiger charge is -2.10. The maximum Gasteiger partial charge on any atom is 0.261 e. The van der Waals surface area contributed by atoms with Gasteiger partial charge in [0.05, 0.1) is 16.3 Å². The first kappa shape index (κ1) is 18.9. The largest absolute Gasteiger partial charge is 0.311 e. The van der Waals surface area contributed by atoms with Crippen LogP contribution >= 0.6 is 11.6 Å². The van der Waals surface area contributed by atoms with Gasteiger partial charge in [-0.25, -0.2) is 13.1 Å². The third-order valence-electron chi connectivity index (χ3n) is 3.62. The van der Waals surface area contributed by atoms with Crippen molar-refractivity contribution in [2.45, 2.75) is 18.7 Å². The molecule has 0 spiro atoms. The lowest BCUT2D eigenvalue weighted by Crippen LogP contribution is -2.13. The first-order valence-electron chi connectivity index (χ1n) is 7.98. The predicted molar refractivity (Wildman–Crippen MR) is 105 cm³/mol. The number of hydrogen-bond donors (Lipinski definition) is 2. The highest BCUT2D eigenvalue weighted by Crippen LogP contribution is 2.22. The van der Waals surface area contributed by atoms with Gasteiger partial charge in [0.25, 0.3) is 10.0 Å². The highest BCUT2D eigenvalue weighted by Gasteiger charge is 2.14. The average molecular weight is 405 g/mol. The molecule has 27 heavy (non-hydrogen) atoms. The molecule has 0 saturated heterocycles. The molecule has 0 bridgehead atoms. The molecule has 0 unspecified atom stereocenters. The van der Waals surface area contributed by atoms with E-state index < -0.39 is 10.0 Å². The van der Waals surface area contributed by atoms with Crippen LogP contribution in [0.25, 0.3) is 5.69 Å². The Balaban J connectivity index is 1.84. The quantitative estimate of drug-likeness (QED) is 0.679. The number of sulfonamides is 1. The molecule has 9 heteroatoms. The molecule has 1 amide bonds. The summed E-state index contributed by atoms with van der Waals surface area (Å²) in [6, 6.07) is 14.3. The molecule has 3 rings (SSSR count). The van der Waals surface area contributed by atoms with Crippen molar-refractivity contribution >= 4 is 39.0 Å². The smallest absolute Gasteiger partial charge is 0.261 e. The van der Waals surface area contributed by atoms with Crippen LogP contribution in [0, 0.1) is 6.92 Å². The summed E-state index contributed by atoms with van der Waals surface area (Å²) >= 11 is 5.79. The van der Waals surface area contributed by atoms with Crippen LogP contribution in [0.15, 0.2) is 59.5 Å². The van der Waals surface area contributed by atoms with Crippen LogP contribution in [0.1, 0.15) is 12.6 Å². The van der Waals surface area contributed by atoms with Crippen molar-refractivity contribution in [3.05, 3.63) is 65.3 Å². The van der Waals surface area contributed by atoms with Crippen LogP contribution in [0.3, 0.4) is 0 Å². The normalized spacial score (nSPS) is 11.2. The van der Waals surface area contributed by atoms with Crippen molar-refractivity contribution < 1.29 is 13.2 Å². The van der Waals surface area contributed by atoms with Crippen molar-refractivity contribution in [1.82, 2.24) is 9.78 Å². The summed E-state index contributed by atoms with van der Waals surface area (Å²) in [4.78, 5) is 11.5. The van der Waals surface area contributed by atoms with Crippen molar-refractivity contribution in [3.8, 4) is 5.69 Å². The molecule has 0 aliphatic carbocycles. The Morgan fingerprint density at radius 3 is 2.30 bits per heavy atom. The molecular formula is C18H17ClN4O3S. The van der Waals surface area contributed by atoms with Gasteiger partial charge in [0.15, 0.2) is 0 Å². The number of rotatable bonds is 5. The van der Waals surface area contributed by atoms with E-state index in [1.54, 1.807) is 35.0 Å². The molecule has 0 aliphatic rings. The number of carbonyl (C=O) groups excluding carboxylic acids is 1. The topological polar surface area (TPSA) is 93.1 Å². The first-order chi connectivity index (χ1) is 12.7. The second-order valence-electron chi connectivity index (χ2n) is 5.87. The summed E-state index contributed by atoms with van der Waals surface area (Å²) < 4.78 is 28.9. The minimum absolute atomic E-state index is 0.117. The van der Waals surface area contributed by atoms with Crippen LogP contribution in [0.5, 0.6) is 0 Å². The molecule has 2 N–H and O–H groups in total. The molecule has 2 aromatic carbocycles. The Hall–Kier alpha value is -2.84. The van der Waals surface area contributed by atoms with Crippen LogP contribution in [0.2, 0.25) is 5.02 Å². The minimum Gasteiger partial charge on any atom is -0.311 e. The molecule has 1 aromatic heterocycles. The zero-order valence-corrected chi connectivity index (χ0v) is 16.2. The molecule has 0 aliphatic heterocycles. The van der Waals surface area contributed by atoms with Gasteiger partial charge in [-0.2, -0.15) is 5.10 Å². The van der Waals surface area contributed by atoms with Crippen LogP contribution in [0.4, 0.5) is 11.5 Å². The van der Waals surface area contributed by atoms with E-state index in [0.29, 0.717) is 22.2 Å². The molecule has 1 heterocycles. The van der Waals surface area contributed by atoms with Gasteiger partial charge in [-0.1, -0.05) is 11.6 Å². The van der Waals surface area contributed by atoms with Gasteiger partial charge in [0.1, 0.15) is 5.82 Å². The zero-order valence-electron chi connectivity index (χ0n) is 14.6. The molecular weight excluding hydrogens is 388 g/mol. The van der Waals surface area contributed by atoms with E-state index in [9.17, 15) is 13.2 Å². The number of amides is 1. The minimum atomic E-state index is -3.72. The fourth-order valence-electron chi connectivity index (χ4n) is 2.46. The van der Waals surface area contributed by atoms with E-state index in [2.05, 4.69) is 15.1 Å². The summed E-state index contributed by atoms with van der Waals surface area (Å²) in [5.74, 6) is 0.331. The third kappa shape index (κ3) is 4.47. The predicted octanol–water partition coefficient (Wildman–Crippen LogP) is 3.59. The Bertz CT molecular complexity index is 1070. The number of halogens is 1. The molecule has 0 atom stereocenters. The maximum atomic E-state index is 12.4. The van der Waals surface area contributed by atoms with Gasteiger partial charge in [-0.05, 0) is 55.5 Å². The summed E-state index contributed by atoms with van der Waals surface area (Å²) in [7, 11) is -3.72. The Labute approximate surface area is 162 Å². The number of aromatic nitrogens is 2. The van der Waals surface area contributed by atoms with E-state index >= 15 is 0 Å². The van der Waals surface area contributed by atoms with Crippen molar-refractivity contribution in [3.63, 3.8) is 0 Å².